The summed E-state index contributed by atoms with van der Waals surface area (Å²) >= 11 is 0. The van der Waals surface area contributed by atoms with E-state index < -0.39 is 0 Å². The molecule has 0 bridgehead atoms. The van der Waals surface area contributed by atoms with Crippen LogP contribution in [0.2, 0.25) is 0 Å². The fraction of sp³-hybridized carbons (Fsp3) is 0.647. The van der Waals surface area contributed by atoms with Crippen LogP contribution in [-0.2, 0) is 11.2 Å². The van der Waals surface area contributed by atoms with Crippen molar-refractivity contribution in [2.24, 2.45) is 5.92 Å². The van der Waals surface area contributed by atoms with Crippen molar-refractivity contribution >= 4 is 0 Å². The predicted molar refractivity (Wildman–Crippen MR) is 84.4 cm³/mol. The minimum absolute atomic E-state index is 0.0488. The average molecular weight is 279 g/mol. The van der Waals surface area contributed by atoms with E-state index in [2.05, 4.69) is 31.3 Å². The number of hydrogen-bond acceptors (Lipinski definition) is 3. The number of benzene rings is 1. The van der Waals surface area contributed by atoms with Gasteiger partial charge in [0.15, 0.2) is 0 Å². The summed E-state index contributed by atoms with van der Waals surface area (Å²) in [5.74, 6) is 1.57. The molecule has 0 saturated heterocycles. The van der Waals surface area contributed by atoms with Gasteiger partial charge in [-0.05, 0) is 64.3 Å². The van der Waals surface area contributed by atoms with Crippen LogP contribution in [0, 0.1) is 5.92 Å². The van der Waals surface area contributed by atoms with Crippen molar-refractivity contribution in [3.05, 3.63) is 29.8 Å². The van der Waals surface area contributed by atoms with Crippen LogP contribution in [-0.4, -0.2) is 33.4 Å². The van der Waals surface area contributed by atoms with Crippen LogP contribution < -0.4 is 10.1 Å². The summed E-state index contributed by atoms with van der Waals surface area (Å²) in [4.78, 5) is 0. The van der Waals surface area contributed by atoms with Gasteiger partial charge in [0, 0.05) is 7.11 Å². The lowest BCUT2D eigenvalue weighted by Gasteiger charge is -2.26. The van der Waals surface area contributed by atoms with Crippen molar-refractivity contribution in [3.8, 4) is 5.75 Å². The second-order valence-electron chi connectivity index (χ2n) is 5.94. The van der Waals surface area contributed by atoms with Gasteiger partial charge in [0.1, 0.15) is 5.75 Å². The van der Waals surface area contributed by atoms with Gasteiger partial charge >= 0.3 is 0 Å². The van der Waals surface area contributed by atoms with Crippen LogP contribution in [0.15, 0.2) is 24.3 Å². The lowest BCUT2D eigenvalue weighted by molar-refractivity contribution is 0.0104. The largest absolute Gasteiger partial charge is 0.496 e. The van der Waals surface area contributed by atoms with Gasteiger partial charge in [-0.2, -0.15) is 0 Å². The molecule has 0 aliphatic heterocycles. The second-order valence-corrected chi connectivity index (χ2v) is 5.94. The fourth-order valence-electron chi connectivity index (χ4n) is 2.40. The highest BCUT2D eigenvalue weighted by Gasteiger charge is 2.20. The molecule has 3 nitrogen and oxygen atoms in total. The number of nitrogens with one attached hydrogen (secondary N) is 1. The van der Waals surface area contributed by atoms with E-state index in [0.29, 0.717) is 5.92 Å². The van der Waals surface area contributed by atoms with Gasteiger partial charge in [0.05, 0.1) is 12.7 Å². The Morgan fingerprint density at radius 2 is 1.90 bits per heavy atom. The third kappa shape index (κ3) is 5.51. The molecule has 0 saturated carbocycles. The summed E-state index contributed by atoms with van der Waals surface area (Å²) in [7, 11) is 5.53. The summed E-state index contributed by atoms with van der Waals surface area (Å²) in [5.41, 5.74) is 1.23. The SMILES string of the molecule is CNCC(CCC(C)(C)OC)Cc1ccccc1OC. The van der Waals surface area contributed by atoms with E-state index in [-0.39, 0.29) is 5.60 Å². The van der Waals surface area contributed by atoms with Gasteiger partial charge in [0.25, 0.3) is 0 Å². The predicted octanol–water partition coefficient (Wildman–Crippen LogP) is 3.28. The number of methoxy groups -OCH3 is 2. The molecular weight excluding hydrogens is 250 g/mol. The fourth-order valence-corrected chi connectivity index (χ4v) is 2.40. The highest BCUT2D eigenvalue weighted by atomic mass is 16.5. The van der Waals surface area contributed by atoms with Crippen molar-refractivity contribution in [1.29, 1.82) is 0 Å². The molecule has 3 heteroatoms. The number of para-hydroxylation sites is 1. The molecule has 1 aromatic rings. The first-order valence-corrected chi connectivity index (χ1v) is 7.34. The number of hydrogen-bond donors (Lipinski definition) is 1. The minimum atomic E-state index is -0.0488. The molecule has 1 unspecified atom stereocenters. The molecule has 114 valence electrons. The van der Waals surface area contributed by atoms with Crippen molar-refractivity contribution < 1.29 is 9.47 Å². The number of ether oxygens (including phenoxy) is 2. The Bertz CT molecular complexity index is 390. The molecule has 0 heterocycles. The molecule has 0 fully saturated rings. The van der Waals surface area contributed by atoms with Crippen molar-refractivity contribution in [2.75, 3.05) is 27.8 Å². The normalized spacial score (nSPS) is 13.2. The van der Waals surface area contributed by atoms with Gasteiger partial charge in [-0.25, -0.2) is 0 Å². The Kier molecular flexibility index (Phi) is 7.03. The highest BCUT2D eigenvalue weighted by Crippen LogP contribution is 2.25. The molecule has 0 spiro atoms. The number of rotatable bonds is 9. The van der Waals surface area contributed by atoms with Gasteiger partial charge in [-0.1, -0.05) is 18.2 Å². The molecule has 0 radical (unpaired) electrons. The van der Waals surface area contributed by atoms with Gasteiger partial charge in [-0.15, -0.1) is 0 Å². The smallest absolute Gasteiger partial charge is 0.122 e. The van der Waals surface area contributed by atoms with E-state index in [9.17, 15) is 0 Å². The molecule has 0 aromatic heterocycles. The van der Waals surface area contributed by atoms with Crippen molar-refractivity contribution in [1.82, 2.24) is 5.32 Å². The summed E-state index contributed by atoms with van der Waals surface area (Å²) < 4.78 is 11.0. The molecule has 1 N–H and O–H groups in total. The summed E-state index contributed by atoms with van der Waals surface area (Å²) in [6.07, 6.45) is 3.23. The molecule has 0 amide bonds. The van der Waals surface area contributed by atoms with E-state index >= 15 is 0 Å². The summed E-state index contributed by atoms with van der Waals surface area (Å²) in [6.45, 7) is 5.30. The Balaban J connectivity index is 2.67. The zero-order valence-electron chi connectivity index (χ0n) is 13.5. The quantitative estimate of drug-likeness (QED) is 0.752. The average Bonchev–Trinajstić information content (AvgIpc) is 2.45. The van der Waals surface area contributed by atoms with Crippen LogP contribution in [0.25, 0.3) is 0 Å². The van der Waals surface area contributed by atoms with E-state index in [1.807, 2.05) is 19.2 Å². The summed E-state index contributed by atoms with van der Waals surface area (Å²) in [6, 6.07) is 8.28. The van der Waals surface area contributed by atoms with E-state index in [0.717, 1.165) is 31.6 Å². The van der Waals surface area contributed by atoms with Gasteiger partial charge in [0.2, 0.25) is 0 Å². The Morgan fingerprint density at radius 1 is 1.20 bits per heavy atom. The Morgan fingerprint density at radius 3 is 2.50 bits per heavy atom. The van der Waals surface area contributed by atoms with E-state index in [4.69, 9.17) is 9.47 Å². The molecule has 1 atom stereocenters. The topological polar surface area (TPSA) is 30.5 Å². The van der Waals surface area contributed by atoms with Crippen molar-refractivity contribution in [2.45, 2.75) is 38.7 Å². The maximum Gasteiger partial charge on any atom is 0.122 e. The lowest BCUT2D eigenvalue weighted by atomic mass is 9.90. The maximum atomic E-state index is 5.52. The first-order valence-electron chi connectivity index (χ1n) is 7.34. The van der Waals surface area contributed by atoms with Crippen molar-refractivity contribution in [3.63, 3.8) is 0 Å². The van der Waals surface area contributed by atoms with Gasteiger partial charge < -0.3 is 14.8 Å². The Labute approximate surface area is 123 Å². The lowest BCUT2D eigenvalue weighted by Crippen LogP contribution is -2.27. The first kappa shape index (κ1) is 17.0. The second kappa shape index (κ2) is 8.28. The maximum absolute atomic E-state index is 5.52. The van der Waals surface area contributed by atoms with E-state index in [1.54, 1.807) is 14.2 Å². The van der Waals surface area contributed by atoms with Gasteiger partial charge in [-0.3, -0.25) is 0 Å². The van der Waals surface area contributed by atoms with Crippen LogP contribution in [0.3, 0.4) is 0 Å². The third-order valence-corrected chi connectivity index (χ3v) is 3.90. The summed E-state index contributed by atoms with van der Waals surface area (Å²) in [5, 5.41) is 3.30. The first-order chi connectivity index (χ1) is 9.52. The molecule has 0 aliphatic carbocycles. The highest BCUT2D eigenvalue weighted by molar-refractivity contribution is 5.33. The molecule has 1 rings (SSSR count). The standard InChI is InChI=1S/C17H29NO2/c1-17(2,20-5)11-10-14(13-18-3)12-15-8-6-7-9-16(15)19-4/h6-9,14,18H,10-13H2,1-5H3. The molecule has 0 aliphatic rings. The van der Waals surface area contributed by atoms with Crippen LogP contribution >= 0.6 is 0 Å². The third-order valence-electron chi connectivity index (χ3n) is 3.90. The van der Waals surface area contributed by atoms with Crippen LogP contribution in [0.1, 0.15) is 32.3 Å². The zero-order valence-corrected chi connectivity index (χ0v) is 13.5. The minimum Gasteiger partial charge on any atom is -0.496 e. The molecular formula is C17H29NO2. The molecule has 1 aromatic carbocycles. The van der Waals surface area contributed by atoms with Crippen LogP contribution in [0.5, 0.6) is 5.75 Å². The van der Waals surface area contributed by atoms with Crippen LogP contribution in [0.4, 0.5) is 0 Å². The zero-order chi connectivity index (χ0) is 15.0. The Hall–Kier alpha value is -1.06. The molecule has 20 heavy (non-hydrogen) atoms. The van der Waals surface area contributed by atoms with E-state index in [1.165, 1.54) is 5.56 Å². The monoisotopic (exact) mass is 279 g/mol.